The van der Waals surface area contributed by atoms with Gasteiger partial charge in [0.15, 0.2) is 0 Å². The molecular weight excluding hydrogens is 404 g/mol. The van der Waals surface area contributed by atoms with E-state index in [2.05, 4.69) is 50.9 Å². The van der Waals surface area contributed by atoms with Crippen LogP contribution >= 0.6 is 11.5 Å². The van der Waals surface area contributed by atoms with E-state index in [1.54, 1.807) is 6.07 Å². The lowest BCUT2D eigenvalue weighted by Gasteiger charge is -2.35. The molecule has 5 nitrogen and oxygen atoms in total. The molecule has 2 heterocycles. The summed E-state index contributed by atoms with van der Waals surface area (Å²) in [4.78, 5) is 6.94. The van der Waals surface area contributed by atoms with E-state index in [4.69, 9.17) is 4.98 Å². The third kappa shape index (κ3) is 5.12. The molecule has 0 spiro atoms. The summed E-state index contributed by atoms with van der Waals surface area (Å²) in [5, 5.41) is 2.99. The normalized spacial score (nSPS) is 15.4. The maximum atomic E-state index is 13.5. The quantitative estimate of drug-likeness (QED) is 0.615. The molecule has 3 aromatic rings. The zero-order valence-electron chi connectivity index (χ0n) is 17.1. The minimum atomic E-state index is -2.84. The second-order valence-electron chi connectivity index (χ2n) is 7.71. The van der Waals surface area contributed by atoms with Crippen molar-refractivity contribution in [3.8, 4) is 0 Å². The Morgan fingerprint density at radius 1 is 1.07 bits per heavy atom. The highest BCUT2D eigenvalue weighted by molar-refractivity contribution is 7.09. The number of hydrazine groups is 1. The maximum Gasteiger partial charge on any atom is 0.270 e. The van der Waals surface area contributed by atoms with E-state index in [-0.39, 0.29) is 5.56 Å². The summed E-state index contributed by atoms with van der Waals surface area (Å²) >= 11 is 1.43. The van der Waals surface area contributed by atoms with Crippen LogP contribution in [0.15, 0.2) is 48.5 Å². The van der Waals surface area contributed by atoms with Crippen molar-refractivity contribution in [3.63, 3.8) is 0 Å². The van der Waals surface area contributed by atoms with E-state index in [1.807, 2.05) is 6.07 Å². The Hall–Kier alpha value is -2.58. The average Bonchev–Trinajstić information content (AvgIpc) is 3.18. The SMILES string of the molecule is Cc1ccc(Cc2nsc(N3CCN(Nc4cccc(C(C)(F)F)c4)CC3)n2)cc1. The fourth-order valence-electron chi connectivity index (χ4n) is 3.39. The van der Waals surface area contributed by atoms with E-state index < -0.39 is 5.92 Å². The van der Waals surface area contributed by atoms with Gasteiger partial charge in [0.05, 0.1) is 0 Å². The lowest BCUT2D eigenvalue weighted by Crippen LogP contribution is -2.48. The van der Waals surface area contributed by atoms with Gasteiger partial charge in [0.25, 0.3) is 5.92 Å². The number of rotatable bonds is 6. The molecule has 0 radical (unpaired) electrons. The van der Waals surface area contributed by atoms with Gasteiger partial charge in [-0.05, 0) is 24.6 Å². The maximum absolute atomic E-state index is 13.5. The summed E-state index contributed by atoms with van der Waals surface area (Å²) in [6.07, 6.45) is 0.733. The van der Waals surface area contributed by atoms with Crippen LogP contribution in [-0.2, 0) is 12.3 Å². The van der Waals surface area contributed by atoms with Crippen molar-refractivity contribution in [1.29, 1.82) is 0 Å². The van der Waals surface area contributed by atoms with Crippen LogP contribution in [0.5, 0.6) is 0 Å². The van der Waals surface area contributed by atoms with Crippen LogP contribution in [0.4, 0.5) is 19.6 Å². The highest BCUT2D eigenvalue weighted by Crippen LogP contribution is 2.29. The molecule has 1 saturated heterocycles. The Kier molecular flexibility index (Phi) is 5.97. The molecule has 30 heavy (non-hydrogen) atoms. The number of aromatic nitrogens is 2. The topological polar surface area (TPSA) is 44.3 Å². The number of nitrogens with one attached hydrogen (secondary N) is 1. The standard InChI is InChI=1S/C22H25F2N5S/c1-16-6-8-17(9-7-16)14-20-25-21(30-27-20)28-10-12-29(13-11-28)26-19-5-3-4-18(15-19)22(2,23)24/h3-9,15,26H,10-14H2,1-2H3. The van der Waals surface area contributed by atoms with Crippen LogP contribution in [0.1, 0.15) is 29.4 Å². The van der Waals surface area contributed by atoms with Crippen LogP contribution in [0.25, 0.3) is 0 Å². The van der Waals surface area contributed by atoms with E-state index >= 15 is 0 Å². The van der Waals surface area contributed by atoms with Gasteiger partial charge in [-0.25, -0.2) is 18.8 Å². The lowest BCUT2D eigenvalue weighted by atomic mass is 10.1. The molecule has 2 aromatic carbocycles. The average molecular weight is 430 g/mol. The number of piperazine rings is 1. The Morgan fingerprint density at radius 3 is 2.50 bits per heavy atom. The number of benzene rings is 2. The fraction of sp³-hybridized carbons (Fsp3) is 0.364. The predicted octanol–water partition coefficient (Wildman–Crippen LogP) is 4.70. The molecule has 1 N–H and O–H groups in total. The van der Waals surface area contributed by atoms with Crippen molar-refractivity contribution in [2.75, 3.05) is 36.5 Å². The van der Waals surface area contributed by atoms with Crippen LogP contribution in [0.3, 0.4) is 0 Å². The first-order chi connectivity index (χ1) is 14.4. The predicted molar refractivity (Wildman–Crippen MR) is 117 cm³/mol. The third-order valence-electron chi connectivity index (χ3n) is 5.15. The van der Waals surface area contributed by atoms with Crippen LogP contribution in [0, 0.1) is 6.92 Å². The molecule has 0 atom stereocenters. The molecule has 0 bridgehead atoms. The molecule has 1 fully saturated rings. The minimum absolute atomic E-state index is 0.0149. The zero-order valence-corrected chi connectivity index (χ0v) is 17.9. The van der Waals surface area contributed by atoms with Crippen molar-refractivity contribution >= 4 is 22.4 Å². The van der Waals surface area contributed by atoms with Crippen molar-refractivity contribution in [2.24, 2.45) is 0 Å². The van der Waals surface area contributed by atoms with E-state index in [0.29, 0.717) is 5.69 Å². The van der Waals surface area contributed by atoms with Gasteiger partial charge in [0.2, 0.25) is 5.13 Å². The molecule has 0 amide bonds. The Labute approximate surface area is 179 Å². The monoisotopic (exact) mass is 429 g/mol. The summed E-state index contributed by atoms with van der Waals surface area (Å²) in [5.41, 5.74) is 6.39. The van der Waals surface area contributed by atoms with Gasteiger partial charge in [-0.15, -0.1) is 0 Å². The van der Waals surface area contributed by atoms with Crippen molar-refractivity contribution < 1.29 is 8.78 Å². The number of alkyl halides is 2. The van der Waals surface area contributed by atoms with Gasteiger partial charge in [-0.2, -0.15) is 4.37 Å². The van der Waals surface area contributed by atoms with Gasteiger partial charge in [0.1, 0.15) is 5.82 Å². The molecular formula is C22H25F2N5S. The molecule has 158 valence electrons. The molecule has 0 saturated carbocycles. The minimum Gasteiger partial charge on any atom is -0.344 e. The molecule has 8 heteroatoms. The van der Waals surface area contributed by atoms with E-state index in [1.165, 1.54) is 34.8 Å². The highest BCUT2D eigenvalue weighted by Gasteiger charge is 2.25. The van der Waals surface area contributed by atoms with Gasteiger partial charge in [-0.3, -0.25) is 0 Å². The zero-order chi connectivity index (χ0) is 21.1. The molecule has 1 aliphatic rings. The second kappa shape index (κ2) is 8.65. The first-order valence-corrected chi connectivity index (χ1v) is 10.8. The van der Waals surface area contributed by atoms with Gasteiger partial charge in [-0.1, -0.05) is 42.0 Å². The number of aryl methyl sites for hydroxylation is 1. The van der Waals surface area contributed by atoms with Crippen LogP contribution in [-0.4, -0.2) is 40.5 Å². The molecule has 4 rings (SSSR count). The molecule has 0 unspecified atom stereocenters. The van der Waals surface area contributed by atoms with Crippen LogP contribution in [0.2, 0.25) is 0 Å². The highest BCUT2D eigenvalue weighted by atomic mass is 32.1. The Morgan fingerprint density at radius 2 is 1.80 bits per heavy atom. The number of hydrogen-bond donors (Lipinski definition) is 1. The van der Waals surface area contributed by atoms with Crippen LogP contribution < -0.4 is 10.3 Å². The first-order valence-electron chi connectivity index (χ1n) is 10.00. The summed E-state index contributed by atoms with van der Waals surface area (Å²) < 4.78 is 31.6. The Bertz CT molecular complexity index is 976. The van der Waals surface area contributed by atoms with E-state index in [0.717, 1.165) is 50.5 Å². The second-order valence-corrected chi connectivity index (χ2v) is 8.44. The number of hydrogen-bond acceptors (Lipinski definition) is 6. The number of anilines is 2. The lowest BCUT2D eigenvalue weighted by molar-refractivity contribution is 0.0175. The van der Waals surface area contributed by atoms with Crippen molar-refractivity contribution in [1.82, 2.24) is 14.4 Å². The molecule has 1 aromatic heterocycles. The van der Waals surface area contributed by atoms with Gasteiger partial charge >= 0.3 is 0 Å². The smallest absolute Gasteiger partial charge is 0.270 e. The summed E-state index contributed by atoms with van der Waals surface area (Å²) in [6.45, 7) is 6.12. The largest absolute Gasteiger partial charge is 0.344 e. The van der Waals surface area contributed by atoms with Gasteiger partial charge < -0.3 is 10.3 Å². The number of nitrogens with zero attached hydrogens (tertiary/aromatic N) is 4. The summed E-state index contributed by atoms with van der Waals surface area (Å²) in [7, 11) is 0. The summed E-state index contributed by atoms with van der Waals surface area (Å²) in [6, 6.07) is 14.9. The van der Waals surface area contributed by atoms with Crippen molar-refractivity contribution in [3.05, 3.63) is 71.0 Å². The molecule has 0 aliphatic carbocycles. The third-order valence-corrected chi connectivity index (χ3v) is 5.96. The number of halogens is 2. The van der Waals surface area contributed by atoms with Gasteiger partial charge in [0, 0.05) is 62.3 Å². The van der Waals surface area contributed by atoms with Crippen molar-refractivity contribution in [2.45, 2.75) is 26.2 Å². The Balaban J connectivity index is 1.32. The fourth-order valence-corrected chi connectivity index (χ4v) is 4.12. The van der Waals surface area contributed by atoms with E-state index in [9.17, 15) is 8.78 Å². The summed E-state index contributed by atoms with van der Waals surface area (Å²) in [5.74, 6) is -2.00. The molecule has 1 aliphatic heterocycles. The first kappa shape index (κ1) is 20.7.